The van der Waals surface area contributed by atoms with Gasteiger partial charge in [0.2, 0.25) is 5.89 Å². The van der Waals surface area contributed by atoms with Gasteiger partial charge in [-0.25, -0.2) is 0 Å². The van der Waals surface area contributed by atoms with Crippen molar-refractivity contribution in [2.45, 2.75) is 32.7 Å². The third-order valence-electron chi connectivity index (χ3n) is 2.86. The molecule has 1 aromatic carbocycles. The molecule has 108 valence electrons. The van der Waals surface area contributed by atoms with Crippen LogP contribution < -0.4 is 5.32 Å². The van der Waals surface area contributed by atoms with Crippen LogP contribution in [0.3, 0.4) is 0 Å². The van der Waals surface area contributed by atoms with Crippen molar-refractivity contribution in [3.05, 3.63) is 35.7 Å². The molecule has 2 aromatic rings. The minimum Gasteiger partial charge on any atom is -0.415 e. The third-order valence-corrected chi connectivity index (χ3v) is 2.86. The monoisotopic (exact) mass is 281 g/mol. The van der Waals surface area contributed by atoms with E-state index in [2.05, 4.69) is 22.4 Å². The molecule has 0 unspecified atom stereocenters. The molecule has 1 heterocycles. The van der Waals surface area contributed by atoms with Crippen molar-refractivity contribution in [2.24, 2.45) is 0 Å². The van der Waals surface area contributed by atoms with E-state index in [1.165, 1.54) is 0 Å². The van der Waals surface area contributed by atoms with Gasteiger partial charge in [0.1, 0.15) is 0 Å². The van der Waals surface area contributed by atoms with Crippen LogP contribution in [0.2, 0.25) is 0 Å². The minimum atomic E-state index is -2.74. The first-order valence-electron chi connectivity index (χ1n) is 6.62. The second kappa shape index (κ2) is 7.09. The summed E-state index contributed by atoms with van der Waals surface area (Å²) in [6, 6.07) is 7.42. The topological polar surface area (TPSA) is 51.0 Å². The van der Waals surface area contributed by atoms with Gasteiger partial charge in [-0.3, -0.25) is 0 Å². The normalized spacial score (nSPS) is 11.2. The number of unbranched alkanes of at least 4 members (excludes halogenated alkanes) is 1. The Bertz CT molecular complexity index is 525. The van der Waals surface area contributed by atoms with Crippen LogP contribution in [0.5, 0.6) is 0 Å². The summed E-state index contributed by atoms with van der Waals surface area (Å²) in [4.78, 5) is 0. The van der Waals surface area contributed by atoms with Crippen molar-refractivity contribution in [1.29, 1.82) is 0 Å². The molecule has 0 radical (unpaired) electrons. The van der Waals surface area contributed by atoms with Gasteiger partial charge in [-0.15, -0.1) is 10.2 Å². The number of rotatable bonds is 7. The highest BCUT2D eigenvalue weighted by atomic mass is 19.3. The number of hydrogen-bond donors (Lipinski definition) is 1. The van der Waals surface area contributed by atoms with Crippen LogP contribution >= 0.6 is 0 Å². The molecule has 0 saturated heterocycles. The molecule has 20 heavy (non-hydrogen) atoms. The summed E-state index contributed by atoms with van der Waals surface area (Å²) < 4.78 is 29.6. The highest BCUT2D eigenvalue weighted by Crippen LogP contribution is 2.23. The third kappa shape index (κ3) is 3.84. The predicted octanol–water partition coefficient (Wildman–Crippen LogP) is 3.56. The van der Waals surface area contributed by atoms with E-state index in [0.717, 1.165) is 31.5 Å². The van der Waals surface area contributed by atoms with E-state index >= 15 is 0 Å². The van der Waals surface area contributed by atoms with Gasteiger partial charge < -0.3 is 9.73 Å². The van der Waals surface area contributed by atoms with Gasteiger partial charge >= 0.3 is 6.43 Å². The average molecular weight is 281 g/mol. The van der Waals surface area contributed by atoms with Crippen molar-refractivity contribution < 1.29 is 13.2 Å². The molecule has 0 spiro atoms. The summed E-state index contributed by atoms with van der Waals surface area (Å²) in [6.07, 6.45) is -0.426. The molecule has 0 atom stereocenters. The van der Waals surface area contributed by atoms with E-state index in [0.29, 0.717) is 5.56 Å². The summed E-state index contributed by atoms with van der Waals surface area (Å²) in [5.74, 6) is -0.531. The van der Waals surface area contributed by atoms with Gasteiger partial charge in [0.25, 0.3) is 5.89 Å². The Kier molecular flexibility index (Phi) is 5.17. The lowest BCUT2D eigenvalue weighted by Gasteiger charge is -2.04. The van der Waals surface area contributed by atoms with Crippen LogP contribution in [0.25, 0.3) is 11.5 Å². The molecule has 0 aliphatic rings. The van der Waals surface area contributed by atoms with Gasteiger partial charge in [0, 0.05) is 12.1 Å². The summed E-state index contributed by atoms with van der Waals surface area (Å²) in [5, 5.41) is 10.2. The SMILES string of the molecule is CCCCNCc1ccc(-c2nnc(C(F)F)o2)cc1. The predicted molar refractivity (Wildman–Crippen MR) is 71.3 cm³/mol. The Morgan fingerprint density at radius 1 is 1.20 bits per heavy atom. The summed E-state index contributed by atoms with van der Waals surface area (Å²) in [5.41, 5.74) is 1.76. The largest absolute Gasteiger partial charge is 0.415 e. The van der Waals surface area contributed by atoms with Gasteiger partial charge in [0.15, 0.2) is 0 Å². The molecule has 2 rings (SSSR count). The summed E-state index contributed by atoms with van der Waals surface area (Å²) in [7, 11) is 0. The van der Waals surface area contributed by atoms with Crippen molar-refractivity contribution in [3.8, 4) is 11.5 Å². The smallest absolute Gasteiger partial charge is 0.314 e. The van der Waals surface area contributed by atoms with Crippen molar-refractivity contribution >= 4 is 0 Å². The maximum Gasteiger partial charge on any atom is 0.314 e. The molecule has 0 saturated carbocycles. The molecule has 6 heteroatoms. The van der Waals surface area contributed by atoms with E-state index in [1.54, 1.807) is 12.1 Å². The Morgan fingerprint density at radius 2 is 1.95 bits per heavy atom. The second-order valence-electron chi connectivity index (χ2n) is 4.47. The maximum absolute atomic E-state index is 12.4. The van der Waals surface area contributed by atoms with Crippen molar-refractivity contribution in [2.75, 3.05) is 6.54 Å². The van der Waals surface area contributed by atoms with E-state index in [-0.39, 0.29) is 5.89 Å². The Balaban J connectivity index is 1.96. The lowest BCUT2D eigenvalue weighted by molar-refractivity contribution is 0.116. The standard InChI is InChI=1S/C14H17F2N3O/c1-2-3-8-17-9-10-4-6-11(7-5-10)13-18-19-14(20-13)12(15)16/h4-7,12,17H,2-3,8-9H2,1H3. The Morgan fingerprint density at radius 3 is 2.55 bits per heavy atom. The zero-order valence-electron chi connectivity index (χ0n) is 11.3. The summed E-state index contributed by atoms with van der Waals surface area (Å²) in [6.45, 7) is 3.92. The number of aromatic nitrogens is 2. The van der Waals surface area contributed by atoms with Crippen LogP contribution in [0, 0.1) is 0 Å². The van der Waals surface area contributed by atoms with E-state index in [4.69, 9.17) is 4.42 Å². The molecule has 4 nitrogen and oxygen atoms in total. The van der Waals surface area contributed by atoms with Crippen molar-refractivity contribution in [1.82, 2.24) is 15.5 Å². The van der Waals surface area contributed by atoms with Crippen LogP contribution in [-0.2, 0) is 6.54 Å². The number of nitrogens with zero attached hydrogens (tertiary/aromatic N) is 2. The molecular formula is C14H17F2N3O. The number of benzene rings is 1. The van der Waals surface area contributed by atoms with E-state index in [1.807, 2.05) is 12.1 Å². The second-order valence-corrected chi connectivity index (χ2v) is 4.47. The van der Waals surface area contributed by atoms with Crippen LogP contribution in [0.15, 0.2) is 28.7 Å². The fourth-order valence-electron chi connectivity index (χ4n) is 1.74. The fourth-order valence-corrected chi connectivity index (χ4v) is 1.74. The van der Waals surface area contributed by atoms with Gasteiger partial charge in [-0.1, -0.05) is 25.5 Å². The number of halogens is 2. The van der Waals surface area contributed by atoms with Gasteiger partial charge in [-0.05, 0) is 30.7 Å². The van der Waals surface area contributed by atoms with E-state index in [9.17, 15) is 8.78 Å². The fraction of sp³-hybridized carbons (Fsp3) is 0.429. The molecule has 0 fully saturated rings. The molecule has 0 bridgehead atoms. The number of alkyl halides is 2. The first kappa shape index (κ1) is 14.6. The molecule has 0 aliphatic heterocycles. The first-order chi connectivity index (χ1) is 9.70. The van der Waals surface area contributed by atoms with Crippen molar-refractivity contribution in [3.63, 3.8) is 0 Å². The highest BCUT2D eigenvalue weighted by molar-refractivity contribution is 5.52. The average Bonchev–Trinajstić information content (AvgIpc) is 2.94. The van der Waals surface area contributed by atoms with Gasteiger partial charge in [0.05, 0.1) is 0 Å². The van der Waals surface area contributed by atoms with Crippen LogP contribution in [-0.4, -0.2) is 16.7 Å². The Hall–Kier alpha value is -1.82. The molecule has 0 amide bonds. The molecule has 1 aromatic heterocycles. The zero-order chi connectivity index (χ0) is 14.4. The summed E-state index contributed by atoms with van der Waals surface area (Å²) >= 11 is 0. The highest BCUT2D eigenvalue weighted by Gasteiger charge is 2.16. The quantitative estimate of drug-likeness (QED) is 0.788. The Labute approximate surface area is 116 Å². The molecule has 1 N–H and O–H groups in total. The lowest BCUT2D eigenvalue weighted by atomic mass is 10.1. The molecular weight excluding hydrogens is 264 g/mol. The van der Waals surface area contributed by atoms with Gasteiger partial charge in [-0.2, -0.15) is 8.78 Å². The first-order valence-corrected chi connectivity index (χ1v) is 6.62. The van der Waals surface area contributed by atoms with E-state index < -0.39 is 12.3 Å². The number of nitrogens with one attached hydrogen (secondary N) is 1. The molecule has 0 aliphatic carbocycles. The maximum atomic E-state index is 12.4. The zero-order valence-corrected chi connectivity index (χ0v) is 11.3. The van der Waals surface area contributed by atoms with Crippen LogP contribution in [0.1, 0.15) is 37.6 Å². The number of hydrogen-bond acceptors (Lipinski definition) is 4. The minimum absolute atomic E-state index is 0.116. The lowest BCUT2D eigenvalue weighted by Crippen LogP contribution is -2.14. The van der Waals surface area contributed by atoms with Crippen LogP contribution in [0.4, 0.5) is 8.78 Å².